The van der Waals surface area contributed by atoms with Crippen molar-refractivity contribution in [3.63, 3.8) is 0 Å². The molecule has 5 nitrogen and oxygen atoms in total. The molecule has 0 radical (unpaired) electrons. The highest BCUT2D eigenvalue weighted by atomic mass is 16.4. The molecule has 2 aromatic carbocycles. The number of anilines is 2. The number of benzene rings is 2. The zero-order chi connectivity index (χ0) is 17.4. The lowest BCUT2D eigenvalue weighted by atomic mass is 9.96. The first-order valence-corrected chi connectivity index (χ1v) is 8.33. The predicted octanol–water partition coefficient (Wildman–Crippen LogP) is 3.26. The Morgan fingerprint density at radius 2 is 1.76 bits per heavy atom. The van der Waals surface area contributed by atoms with Crippen molar-refractivity contribution in [2.24, 2.45) is 0 Å². The minimum atomic E-state index is -0.818. The van der Waals surface area contributed by atoms with Crippen molar-refractivity contribution in [1.29, 1.82) is 0 Å². The zero-order valence-electron chi connectivity index (χ0n) is 13.7. The van der Waals surface area contributed by atoms with Gasteiger partial charge in [-0.2, -0.15) is 0 Å². The number of fused-ring (bicyclic) bond motifs is 1. The number of carboxylic acid groups (broad SMARTS) is 1. The fourth-order valence-corrected chi connectivity index (χ4v) is 3.70. The molecule has 1 aromatic heterocycles. The first-order valence-electron chi connectivity index (χ1n) is 8.33. The van der Waals surface area contributed by atoms with E-state index in [-0.39, 0.29) is 5.92 Å². The van der Waals surface area contributed by atoms with E-state index in [2.05, 4.69) is 17.1 Å². The molecule has 0 spiro atoms. The van der Waals surface area contributed by atoms with Gasteiger partial charge in [-0.25, -0.2) is 9.78 Å². The van der Waals surface area contributed by atoms with Crippen LogP contribution in [0.3, 0.4) is 0 Å². The minimum Gasteiger partial charge on any atom is -0.480 e. The summed E-state index contributed by atoms with van der Waals surface area (Å²) in [6.45, 7) is 0.627. The molecule has 0 aliphatic carbocycles. The normalized spacial score (nSPS) is 20.1. The number of carboxylic acids is 1. The molecule has 25 heavy (non-hydrogen) atoms. The van der Waals surface area contributed by atoms with Gasteiger partial charge >= 0.3 is 5.97 Å². The quantitative estimate of drug-likeness (QED) is 0.769. The van der Waals surface area contributed by atoms with Gasteiger partial charge in [-0.3, -0.25) is 0 Å². The number of hydrogen-bond acceptors (Lipinski definition) is 4. The third-order valence-electron chi connectivity index (χ3n) is 4.93. The van der Waals surface area contributed by atoms with Crippen LogP contribution in [0.5, 0.6) is 0 Å². The van der Waals surface area contributed by atoms with E-state index in [1.165, 1.54) is 0 Å². The Kier molecular flexibility index (Phi) is 3.76. The number of nitrogens with two attached hydrogens (primary N) is 1. The molecule has 0 amide bonds. The highest BCUT2D eigenvalue weighted by Crippen LogP contribution is 2.38. The van der Waals surface area contributed by atoms with Gasteiger partial charge in [-0.05, 0) is 12.0 Å². The van der Waals surface area contributed by atoms with E-state index in [4.69, 9.17) is 5.73 Å². The monoisotopic (exact) mass is 333 g/mol. The summed E-state index contributed by atoms with van der Waals surface area (Å²) in [5, 5.41) is 11.5. The van der Waals surface area contributed by atoms with Crippen LogP contribution in [0.2, 0.25) is 0 Å². The van der Waals surface area contributed by atoms with Gasteiger partial charge in [-0.1, -0.05) is 54.6 Å². The van der Waals surface area contributed by atoms with E-state index in [0.717, 1.165) is 16.3 Å². The number of carbonyl (C=O) groups is 1. The Labute approximate surface area is 145 Å². The maximum atomic E-state index is 11.9. The van der Waals surface area contributed by atoms with Gasteiger partial charge in [0, 0.05) is 23.2 Å². The molecule has 5 heteroatoms. The van der Waals surface area contributed by atoms with Crippen LogP contribution in [0.25, 0.3) is 10.8 Å². The molecule has 2 atom stereocenters. The number of pyridine rings is 1. The van der Waals surface area contributed by atoms with Crippen molar-refractivity contribution < 1.29 is 9.90 Å². The second-order valence-corrected chi connectivity index (χ2v) is 6.43. The Hall–Kier alpha value is -3.08. The number of nitrogen functional groups attached to an aromatic ring is 1. The van der Waals surface area contributed by atoms with Crippen LogP contribution in [0.15, 0.2) is 60.8 Å². The van der Waals surface area contributed by atoms with Gasteiger partial charge in [-0.15, -0.1) is 0 Å². The van der Waals surface area contributed by atoms with Crippen molar-refractivity contribution >= 4 is 28.2 Å². The summed E-state index contributed by atoms with van der Waals surface area (Å²) in [4.78, 5) is 18.3. The van der Waals surface area contributed by atoms with Crippen LogP contribution in [-0.2, 0) is 4.79 Å². The van der Waals surface area contributed by atoms with Gasteiger partial charge in [0.15, 0.2) is 0 Å². The molecule has 4 rings (SSSR count). The number of rotatable bonds is 3. The molecule has 126 valence electrons. The molecule has 1 saturated heterocycles. The Morgan fingerprint density at radius 3 is 2.48 bits per heavy atom. The summed E-state index contributed by atoms with van der Waals surface area (Å²) >= 11 is 0. The van der Waals surface area contributed by atoms with Crippen molar-refractivity contribution in [2.75, 3.05) is 17.2 Å². The second-order valence-electron chi connectivity index (χ2n) is 6.43. The van der Waals surface area contributed by atoms with Crippen LogP contribution in [-0.4, -0.2) is 28.6 Å². The largest absolute Gasteiger partial charge is 0.480 e. The molecular weight excluding hydrogens is 314 g/mol. The van der Waals surface area contributed by atoms with E-state index in [1.807, 2.05) is 47.4 Å². The smallest absolute Gasteiger partial charge is 0.326 e. The minimum absolute atomic E-state index is 0.167. The second kappa shape index (κ2) is 6.09. The predicted molar refractivity (Wildman–Crippen MR) is 98.7 cm³/mol. The van der Waals surface area contributed by atoms with E-state index in [0.29, 0.717) is 24.5 Å². The van der Waals surface area contributed by atoms with Crippen molar-refractivity contribution in [3.8, 4) is 0 Å². The molecule has 1 aliphatic heterocycles. The number of aromatic nitrogens is 1. The fourth-order valence-electron chi connectivity index (χ4n) is 3.70. The molecule has 0 bridgehead atoms. The molecule has 0 unspecified atom stereocenters. The third kappa shape index (κ3) is 2.67. The summed E-state index contributed by atoms with van der Waals surface area (Å²) in [7, 11) is 0. The summed E-state index contributed by atoms with van der Waals surface area (Å²) in [6.07, 6.45) is 2.19. The lowest BCUT2D eigenvalue weighted by molar-refractivity contribution is -0.138. The van der Waals surface area contributed by atoms with Crippen molar-refractivity contribution in [2.45, 2.75) is 18.4 Å². The van der Waals surface area contributed by atoms with Gasteiger partial charge in [0.1, 0.15) is 11.9 Å². The summed E-state index contributed by atoms with van der Waals surface area (Å²) in [5.74, 6) is 0.0391. The highest BCUT2D eigenvalue weighted by Gasteiger charge is 2.38. The van der Waals surface area contributed by atoms with Crippen molar-refractivity contribution in [1.82, 2.24) is 4.98 Å². The third-order valence-corrected chi connectivity index (χ3v) is 4.93. The lowest BCUT2D eigenvalue weighted by Crippen LogP contribution is -2.36. The van der Waals surface area contributed by atoms with Gasteiger partial charge < -0.3 is 15.7 Å². The van der Waals surface area contributed by atoms with Crippen LogP contribution >= 0.6 is 0 Å². The topological polar surface area (TPSA) is 79.5 Å². The number of hydrogen-bond donors (Lipinski definition) is 2. The average Bonchev–Trinajstić information content (AvgIpc) is 3.08. The van der Waals surface area contributed by atoms with Crippen LogP contribution in [0.4, 0.5) is 11.5 Å². The first kappa shape index (κ1) is 15.4. The lowest BCUT2D eigenvalue weighted by Gasteiger charge is -2.24. The van der Waals surface area contributed by atoms with E-state index < -0.39 is 12.0 Å². The first-order chi connectivity index (χ1) is 12.1. The van der Waals surface area contributed by atoms with E-state index >= 15 is 0 Å². The van der Waals surface area contributed by atoms with Crippen LogP contribution in [0, 0.1) is 0 Å². The zero-order valence-corrected chi connectivity index (χ0v) is 13.7. The van der Waals surface area contributed by atoms with Gasteiger partial charge in [0.05, 0.1) is 11.9 Å². The summed E-state index contributed by atoms with van der Waals surface area (Å²) in [6, 6.07) is 17.2. The van der Waals surface area contributed by atoms with Crippen molar-refractivity contribution in [3.05, 3.63) is 66.4 Å². The Morgan fingerprint density at radius 1 is 1.08 bits per heavy atom. The molecular formula is C20H19N3O2. The molecule has 3 N–H and O–H groups in total. The van der Waals surface area contributed by atoms with E-state index in [1.54, 1.807) is 6.20 Å². The SMILES string of the molecule is Nc1cnc(N2C[C@H](c3ccccc3)C[C@H]2C(=O)O)c2ccccc12. The molecule has 1 aliphatic rings. The van der Waals surface area contributed by atoms with Gasteiger partial charge in [0.2, 0.25) is 0 Å². The molecule has 1 fully saturated rings. The Balaban J connectivity index is 1.78. The summed E-state index contributed by atoms with van der Waals surface area (Å²) < 4.78 is 0. The Bertz CT molecular complexity index is 927. The fraction of sp³-hybridized carbons (Fsp3) is 0.200. The molecule has 3 aromatic rings. The number of aliphatic carboxylic acids is 1. The number of nitrogens with zero attached hydrogens (tertiary/aromatic N) is 2. The molecule has 2 heterocycles. The molecule has 0 saturated carbocycles. The highest BCUT2D eigenvalue weighted by molar-refractivity contribution is 6.00. The van der Waals surface area contributed by atoms with Gasteiger partial charge in [0.25, 0.3) is 0 Å². The maximum Gasteiger partial charge on any atom is 0.326 e. The average molecular weight is 333 g/mol. The maximum absolute atomic E-state index is 11.9. The summed E-state index contributed by atoms with van der Waals surface area (Å²) in [5.41, 5.74) is 7.80. The van der Waals surface area contributed by atoms with E-state index in [9.17, 15) is 9.90 Å². The van der Waals surface area contributed by atoms with Crippen LogP contribution < -0.4 is 10.6 Å². The standard InChI is InChI=1S/C20H19N3O2/c21-17-11-22-19(16-9-5-4-8-15(16)17)23-12-14(10-18(23)20(24)25)13-6-2-1-3-7-13/h1-9,11,14,18H,10,12,21H2,(H,24,25)/t14-,18+/m1/s1. The van der Waals surface area contributed by atoms with Crippen LogP contribution in [0.1, 0.15) is 17.9 Å².